The first-order valence-electron chi connectivity index (χ1n) is 5.68. The van der Waals surface area contributed by atoms with Crippen molar-refractivity contribution in [2.75, 3.05) is 0 Å². The highest BCUT2D eigenvalue weighted by Crippen LogP contribution is 2.52. The van der Waals surface area contributed by atoms with Crippen molar-refractivity contribution in [2.24, 2.45) is 5.41 Å². The van der Waals surface area contributed by atoms with Gasteiger partial charge in [0, 0.05) is 0 Å². The molecule has 1 heteroatoms. The highest BCUT2D eigenvalue weighted by molar-refractivity contribution is 5.34. The quantitative estimate of drug-likeness (QED) is 0.745. The van der Waals surface area contributed by atoms with Gasteiger partial charge in [-0.1, -0.05) is 32.0 Å². The van der Waals surface area contributed by atoms with E-state index in [1.807, 2.05) is 0 Å². The zero-order valence-electron chi connectivity index (χ0n) is 10.0. The van der Waals surface area contributed by atoms with E-state index in [-0.39, 0.29) is 11.5 Å². The number of aliphatic hydroxyl groups is 1. The molecule has 15 heavy (non-hydrogen) atoms. The minimum Gasteiger partial charge on any atom is -0.393 e. The molecule has 0 aromatic heterocycles. The Labute approximate surface area is 92.1 Å². The van der Waals surface area contributed by atoms with Crippen molar-refractivity contribution in [3.8, 4) is 0 Å². The molecule has 2 rings (SSSR count). The molecule has 82 valence electrons. The summed E-state index contributed by atoms with van der Waals surface area (Å²) in [6, 6.07) is 6.67. The first-order valence-corrected chi connectivity index (χ1v) is 5.68. The minimum absolute atomic E-state index is 0.0434. The van der Waals surface area contributed by atoms with E-state index in [1.54, 1.807) is 0 Å². The summed E-state index contributed by atoms with van der Waals surface area (Å²) < 4.78 is 0. The molecule has 1 nitrogen and oxygen atoms in total. The second kappa shape index (κ2) is 3.34. The van der Waals surface area contributed by atoms with Gasteiger partial charge in [-0.2, -0.15) is 0 Å². The third-order valence-electron chi connectivity index (χ3n) is 4.15. The molecule has 1 aliphatic rings. The molecule has 1 saturated carbocycles. The fraction of sp³-hybridized carbons (Fsp3) is 0.571. The number of aryl methyl sites for hydroxylation is 2. The molecule has 0 spiro atoms. The smallest absolute Gasteiger partial charge is 0.0603 e. The van der Waals surface area contributed by atoms with Crippen LogP contribution < -0.4 is 0 Å². The van der Waals surface area contributed by atoms with Crippen LogP contribution in [0.3, 0.4) is 0 Å². The number of hydrogen-bond acceptors (Lipinski definition) is 1. The summed E-state index contributed by atoms with van der Waals surface area (Å²) in [5.41, 5.74) is 4.12. The lowest BCUT2D eigenvalue weighted by molar-refractivity contribution is -0.0625. The zero-order chi connectivity index (χ0) is 11.2. The highest BCUT2D eigenvalue weighted by atomic mass is 16.3. The molecule has 1 fully saturated rings. The number of rotatable bonds is 1. The molecule has 0 amide bonds. The third kappa shape index (κ3) is 1.59. The lowest BCUT2D eigenvalue weighted by Crippen LogP contribution is -2.47. The molecule has 1 aliphatic carbocycles. The number of aliphatic hydroxyl groups excluding tert-OH is 1. The molecule has 0 aliphatic heterocycles. The fourth-order valence-electron chi connectivity index (χ4n) is 2.45. The van der Waals surface area contributed by atoms with Crippen LogP contribution in [-0.4, -0.2) is 11.2 Å². The lowest BCUT2D eigenvalue weighted by atomic mass is 9.58. The van der Waals surface area contributed by atoms with Gasteiger partial charge in [0.2, 0.25) is 0 Å². The van der Waals surface area contributed by atoms with Gasteiger partial charge in [0.25, 0.3) is 0 Å². The second-order valence-electron chi connectivity index (χ2n) is 5.47. The number of benzene rings is 1. The molecule has 1 aromatic rings. The predicted molar refractivity (Wildman–Crippen MR) is 63.1 cm³/mol. The third-order valence-corrected chi connectivity index (χ3v) is 4.15. The average molecular weight is 204 g/mol. The molecule has 2 unspecified atom stereocenters. The summed E-state index contributed by atoms with van der Waals surface area (Å²) in [6.07, 6.45) is 0.777. The molecule has 0 heterocycles. The van der Waals surface area contributed by atoms with Crippen LogP contribution in [0.1, 0.15) is 42.9 Å². The maximum atomic E-state index is 9.73. The molecule has 1 aromatic carbocycles. The van der Waals surface area contributed by atoms with Crippen LogP contribution >= 0.6 is 0 Å². The van der Waals surface area contributed by atoms with E-state index in [1.165, 1.54) is 16.7 Å². The zero-order valence-corrected chi connectivity index (χ0v) is 10.0. The van der Waals surface area contributed by atoms with Gasteiger partial charge in [-0.05, 0) is 48.3 Å². The summed E-state index contributed by atoms with van der Waals surface area (Å²) >= 11 is 0. The van der Waals surface area contributed by atoms with Gasteiger partial charge in [-0.3, -0.25) is 0 Å². The van der Waals surface area contributed by atoms with E-state index in [0.29, 0.717) is 5.92 Å². The monoisotopic (exact) mass is 204 g/mol. The molecule has 0 saturated heterocycles. The molecular weight excluding hydrogens is 184 g/mol. The molecular formula is C14H20O. The Balaban J connectivity index is 2.29. The van der Waals surface area contributed by atoms with Gasteiger partial charge in [-0.25, -0.2) is 0 Å². The molecule has 1 N–H and O–H groups in total. The average Bonchev–Trinajstić information content (AvgIpc) is 2.19. The Bertz CT molecular complexity index is 379. The van der Waals surface area contributed by atoms with Gasteiger partial charge in [0.05, 0.1) is 6.10 Å². The van der Waals surface area contributed by atoms with Crippen molar-refractivity contribution in [1.82, 2.24) is 0 Å². The van der Waals surface area contributed by atoms with Gasteiger partial charge in [-0.15, -0.1) is 0 Å². The second-order valence-corrected chi connectivity index (χ2v) is 5.47. The first kappa shape index (κ1) is 10.7. The van der Waals surface area contributed by atoms with Crippen LogP contribution in [0.5, 0.6) is 0 Å². The van der Waals surface area contributed by atoms with Crippen LogP contribution in [0, 0.1) is 19.3 Å². The van der Waals surface area contributed by atoms with Crippen molar-refractivity contribution in [1.29, 1.82) is 0 Å². The normalized spacial score (nSPS) is 28.6. The topological polar surface area (TPSA) is 20.2 Å². The highest BCUT2D eigenvalue weighted by Gasteiger charge is 2.47. The van der Waals surface area contributed by atoms with Crippen molar-refractivity contribution in [2.45, 2.75) is 46.1 Å². The van der Waals surface area contributed by atoms with E-state index in [2.05, 4.69) is 45.9 Å². The van der Waals surface area contributed by atoms with Crippen molar-refractivity contribution < 1.29 is 5.11 Å². The van der Waals surface area contributed by atoms with Crippen molar-refractivity contribution in [3.63, 3.8) is 0 Å². The van der Waals surface area contributed by atoms with Gasteiger partial charge >= 0.3 is 0 Å². The van der Waals surface area contributed by atoms with Gasteiger partial charge in [0.1, 0.15) is 0 Å². The molecule has 2 atom stereocenters. The van der Waals surface area contributed by atoms with E-state index in [0.717, 1.165) is 6.42 Å². The Morgan fingerprint density at radius 1 is 1.20 bits per heavy atom. The Kier molecular flexibility index (Phi) is 2.38. The SMILES string of the molecule is Cc1ccc(C2CC(O)C2(C)C)cc1C. The first-order chi connectivity index (χ1) is 6.93. The van der Waals surface area contributed by atoms with E-state index >= 15 is 0 Å². The summed E-state index contributed by atoms with van der Waals surface area (Å²) in [5.74, 6) is 0.520. The maximum Gasteiger partial charge on any atom is 0.0603 e. The summed E-state index contributed by atoms with van der Waals surface area (Å²) in [5, 5.41) is 9.73. The fourth-order valence-corrected chi connectivity index (χ4v) is 2.45. The van der Waals surface area contributed by atoms with Gasteiger partial charge < -0.3 is 5.11 Å². The van der Waals surface area contributed by atoms with Crippen LogP contribution in [0.2, 0.25) is 0 Å². The standard InChI is InChI=1S/C14H20O/c1-9-5-6-11(7-10(9)2)12-8-13(15)14(12,3)4/h5-7,12-13,15H,8H2,1-4H3. The number of hydrogen-bond donors (Lipinski definition) is 1. The summed E-state index contributed by atoms with van der Waals surface area (Å²) in [4.78, 5) is 0. The van der Waals surface area contributed by atoms with Crippen LogP contribution in [-0.2, 0) is 0 Å². The molecule has 0 radical (unpaired) electrons. The Morgan fingerprint density at radius 3 is 2.33 bits per heavy atom. The van der Waals surface area contributed by atoms with Crippen LogP contribution in [0.15, 0.2) is 18.2 Å². The van der Waals surface area contributed by atoms with Crippen LogP contribution in [0.4, 0.5) is 0 Å². The summed E-state index contributed by atoms with van der Waals surface area (Å²) in [6.45, 7) is 8.60. The van der Waals surface area contributed by atoms with E-state index in [9.17, 15) is 5.11 Å². The maximum absolute atomic E-state index is 9.73. The Hall–Kier alpha value is -0.820. The predicted octanol–water partition coefficient (Wildman–Crippen LogP) is 3.18. The van der Waals surface area contributed by atoms with Crippen molar-refractivity contribution in [3.05, 3.63) is 34.9 Å². The van der Waals surface area contributed by atoms with Crippen molar-refractivity contribution >= 4 is 0 Å². The molecule has 0 bridgehead atoms. The van der Waals surface area contributed by atoms with E-state index in [4.69, 9.17) is 0 Å². The minimum atomic E-state index is -0.135. The largest absolute Gasteiger partial charge is 0.393 e. The Morgan fingerprint density at radius 2 is 1.87 bits per heavy atom. The van der Waals surface area contributed by atoms with Gasteiger partial charge in [0.15, 0.2) is 0 Å². The van der Waals surface area contributed by atoms with Crippen LogP contribution in [0.25, 0.3) is 0 Å². The summed E-state index contributed by atoms with van der Waals surface area (Å²) in [7, 11) is 0. The lowest BCUT2D eigenvalue weighted by Gasteiger charge is -2.49. The van der Waals surface area contributed by atoms with E-state index < -0.39 is 0 Å².